The van der Waals surface area contributed by atoms with Gasteiger partial charge in [0, 0.05) is 45.1 Å². The van der Waals surface area contributed by atoms with Gasteiger partial charge in [0.25, 0.3) is 0 Å². The highest BCUT2D eigenvalue weighted by Gasteiger charge is 2.22. The van der Waals surface area contributed by atoms with Gasteiger partial charge < -0.3 is 15.0 Å². The quantitative estimate of drug-likeness (QED) is 0.666. The zero-order chi connectivity index (χ0) is 19.1. The number of benzene rings is 2. The Labute approximate surface area is 159 Å². The molecule has 0 bridgehead atoms. The van der Waals surface area contributed by atoms with Gasteiger partial charge in [-0.1, -0.05) is 24.3 Å². The first-order valence-electron chi connectivity index (χ1n) is 9.05. The van der Waals surface area contributed by atoms with E-state index in [9.17, 15) is 4.39 Å². The molecule has 6 heteroatoms. The predicted molar refractivity (Wildman–Crippen MR) is 103 cm³/mol. The van der Waals surface area contributed by atoms with Gasteiger partial charge in [-0.05, 0) is 24.3 Å². The summed E-state index contributed by atoms with van der Waals surface area (Å²) in [5.41, 5.74) is 0.832. The third-order valence-electron chi connectivity index (χ3n) is 4.62. The van der Waals surface area contributed by atoms with Crippen molar-refractivity contribution in [3.8, 4) is 11.8 Å². The average molecular weight is 366 g/mol. The van der Waals surface area contributed by atoms with E-state index in [2.05, 4.69) is 15.2 Å². The number of aliphatic imine (C=N–C) groups is 1. The molecule has 27 heavy (non-hydrogen) atoms. The molecular formula is C21H23FN4O. The standard InChI is InChI=1S/C21H23FN4O/c1-24-21(25-15-17-8-7-16(14-23)13-20(17)22)26-11-9-19(10-12-26)27-18-5-3-2-4-6-18/h2-8,13,19H,9-12,15H2,1H3,(H,24,25). The number of hydrogen-bond acceptors (Lipinski definition) is 3. The van der Waals surface area contributed by atoms with Crippen LogP contribution in [-0.2, 0) is 6.54 Å². The first kappa shape index (κ1) is 18.7. The third kappa shape index (κ3) is 4.98. The molecular weight excluding hydrogens is 343 g/mol. The number of likely N-dealkylation sites (tertiary alicyclic amines) is 1. The van der Waals surface area contributed by atoms with E-state index in [-0.39, 0.29) is 11.9 Å². The Morgan fingerprint density at radius 3 is 2.63 bits per heavy atom. The fourth-order valence-corrected chi connectivity index (χ4v) is 3.14. The Kier molecular flexibility index (Phi) is 6.26. The Bertz CT molecular complexity index is 824. The highest BCUT2D eigenvalue weighted by Crippen LogP contribution is 2.19. The maximum Gasteiger partial charge on any atom is 0.193 e. The third-order valence-corrected chi connectivity index (χ3v) is 4.62. The molecule has 2 aromatic rings. The zero-order valence-corrected chi connectivity index (χ0v) is 15.4. The van der Waals surface area contributed by atoms with Crippen LogP contribution in [0.15, 0.2) is 53.5 Å². The Hall–Kier alpha value is -3.07. The lowest BCUT2D eigenvalue weighted by molar-refractivity contribution is 0.129. The number of rotatable bonds is 4. The highest BCUT2D eigenvalue weighted by atomic mass is 19.1. The van der Waals surface area contributed by atoms with E-state index < -0.39 is 0 Å². The smallest absolute Gasteiger partial charge is 0.193 e. The number of piperidine rings is 1. The average Bonchev–Trinajstić information content (AvgIpc) is 2.71. The monoisotopic (exact) mass is 366 g/mol. The van der Waals surface area contributed by atoms with Crippen LogP contribution in [0.25, 0.3) is 0 Å². The van der Waals surface area contributed by atoms with Gasteiger partial charge in [0.2, 0.25) is 0 Å². The van der Waals surface area contributed by atoms with Crippen molar-refractivity contribution in [2.24, 2.45) is 4.99 Å². The van der Waals surface area contributed by atoms with Crippen molar-refractivity contribution in [1.29, 1.82) is 5.26 Å². The Balaban J connectivity index is 1.51. The lowest BCUT2D eigenvalue weighted by Gasteiger charge is -2.34. The van der Waals surface area contributed by atoms with Crippen molar-refractivity contribution in [2.45, 2.75) is 25.5 Å². The summed E-state index contributed by atoms with van der Waals surface area (Å²) in [6, 6.07) is 16.3. The molecule has 0 aliphatic carbocycles. The number of para-hydroxylation sites is 1. The molecule has 1 aliphatic heterocycles. The summed E-state index contributed by atoms with van der Waals surface area (Å²) in [7, 11) is 1.73. The van der Waals surface area contributed by atoms with Crippen molar-refractivity contribution >= 4 is 5.96 Å². The molecule has 0 atom stereocenters. The molecule has 1 heterocycles. The SMILES string of the molecule is CN=C(NCc1ccc(C#N)cc1F)N1CCC(Oc2ccccc2)CC1. The van der Waals surface area contributed by atoms with Gasteiger partial charge in [0.15, 0.2) is 5.96 Å². The largest absolute Gasteiger partial charge is 0.490 e. The van der Waals surface area contributed by atoms with Gasteiger partial charge in [-0.15, -0.1) is 0 Å². The minimum absolute atomic E-state index is 0.192. The van der Waals surface area contributed by atoms with Gasteiger partial charge in [-0.2, -0.15) is 5.26 Å². The van der Waals surface area contributed by atoms with Crippen LogP contribution < -0.4 is 10.1 Å². The van der Waals surface area contributed by atoms with E-state index in [0.29, 0.717) is 17.7 Å². The fourth-order valence-electron chi connectivity index (χ4n) is 3.14. The highest BCUT2D eigenvalue weighted by molar-refractivity contribution is 5.80. The number of nitriles is 1. The molecule has 5 nitrogen and oxygen atoms in total. The Morgan fingerprint density at radius 2 is 2.00 bits per heavy atom. The van der Waals surface area contributed by atoms with Crippen molar-refractivity contribution in [3.05, 3.63) is 65.5 Å². The molecule has 1 aliphatic rings. The van der Waals surface area contributed by atoms with E-state index in [0.717, 1.165) is 37.6 Å². The van der Waals surface area contributed by atoms with Crippen LogP contribution in [0.5, 0.6) is 5.75 Å². The summed E-state index contributed by atoms with van der Waals surface area (Å²) in [5.74, 6) is 1.26. The maximum atomic E-state index is 14.0. The van der Waals surface area contributed by atoms with Gasteiger partial charge in [-0.25, -0.2) is 4.39 Å². The molecule has 0 unspecified atom stereocenters. The number of guanidine groups is 1. The van der Waals surface area contributed by atoms with E-state index in [4.69, 9.17) is 10.00 Å². The minimum Gasteiger partial charge on any atom is -0.490 e. The second-order valence-corrected chi connectivity index (χ2v) is 6.44. The number of nitrogens with one attached hydrogen (secondary N) is 1. The first-order chi connectivity index (χ1) is 13.2. The van der Waals surface area contributed by atoms with Gasteiger partial charge >= 0.3 is 0 Å². The summed E-state index contributed by atoms with van der Waals surface area (Å²) < 4.78 is 20.1. The van der Waals surface area contributed by atoms with E-state index in [1.807, 2.05) is 36.4 Å². The van der Waals surface area contributed by atoms with Crippen molar-refractivity contribution in [3.63, 3.8) is 0 Å². The van der Waals surface area contributed by atoms with Gasteiger partial charge in [-0.3, -0.25) is 4.99 Å². The van der Waals surface area contributed by atoms with Crippen LogP contribution in [0.1, 0.15) is 24.0 Å². The number of nitrogens with zero attached hydrogens (tertiary/aromatic N) is 3. The molecule has 1 saturated heterocycles. The summed E-state index contributed by atoms with van der Waals surface area (Å²) in [5, 5.41) is 12.0. The predicted octanol–water partition coefficient (Wildman–Crippen LogP) is 3.32. The van der Waals surface area contributed by atoms with Crippen LogP contribution >= 0.6 is 0 Å². The zero-order valence-electron chi connectivity index (χ0n) is 15.4. The summed E-state index contributed by atoms with van der Waals surface area (Å²) >= 11 is 0. The topological polar surface area (TPSA) is 60.7 Å². The van der Waals surface area contributed by atoms with E-state index >= 15 is 0 Å². The fraction of sp³-hybridized carbons (Fsp3) is 0.333. The lowest BCUT2D eigenvalue weighted by Crippen LogP contribution is -2.47. The van der Waals surface area contributed by atoms with Crippen LogP contribution in [0.2, 0.25) is 0 Å². The van der Waals surface area contributed by atoms with Crippen molar-refractivity contribution in [2.75, 3.05) is 20.1 Å². The normalized spacial score (nSPS) is 15.3. The second kappa shape index (κ2) is 9.04. The molecule has 0 saturated carbocycles. The molecule has 0 radical (unpaired) electrons. The molecule has 1 N–H and O–H groups in total. The van der Waals surface area contributed by atoms with Crippen LogP contribution in [0.4, 0.5) is 4.39 Å². The lowest BCUT2D eigenvalue weighted by atomic mass is 10.1. The first-order valence-corrected chi connectivity index (χ1v) is 9.05. The number of hydrogen-bond donors (Lipinski definition) is 1. The van der Waals surface area contributed by atoms with Gasteiger partial charge in [0.1, 0.15) is 17.7 Å². The summed E-state index contributed by atoms with van der Waals surface area (Å²) in [6.07, 6.45) is 2.00. The maximum absolute atomic E-state index is 14.0. The second-order valence-electron chi connectivity index (χ2n) is 6.44. The number of halogens is 1. The molecule has 140 valence electrons. The van der Waals surface area contributed by atoms with Gasteiger partial charge in [0.05, 0.1) is 11.6 Å². The van der Waals surface area contributed by atoms with Crippen molar-refractivity contribution < 1.29 is 9.13 Å². The number of ether oxygens (including phenoxy) is 1. The van der Waals surface area contributed by atoms with Crippen molar-refractivity contribution in [1.82, 2.24) is 10.2 Å². The van der Waals surface area contributed by atoms with E-state index in [1.54, 1.807) is 19.2 Å². The Morgan fingerprint density at radius 1 is 1.26 bits per heavy atom. The molecule has 0 spiro atoms. The minimum atomic E-state index is -0.382. The molecule has 0 aromatic heterocycles. The van der Waals surface area contributed by atoms with Crippen LogP contribution in [0.3, 0.4) is 0 Å². The molecule has 1 fully saturated rings. The van der Waals surface area contributed by atoms with Crippen LogP contribution in [0, 0.1) is 17.1 Å². The molecule has 0 amide bonds. The molecule has 2 aromatic carbocycles. The molecule has 3 rings (SSSR count). The van der Waals surface area contributed by atoms with E-state index in [1.165, 1.54) is 6.07 Å². The summed E-state index contributed by atoms with van der Waals surface area (Å²) in [4.78, 5) is 6.47. The van der Waals surface area contributed by atoms with Crippen LogP contribution in [-0.4, -0.2) is 37.1 Å². The summed E-state index contributed by atoms with van der Waals surface area (Å²) in [6.45, 7) is 1.98.